The fraction of sp³-hybridized carbons (Fsp3) is 0.476. The fourth-order valence-corrected chi connectivity index (χ4v) is 3.85. The average Bonchev–Trinajstić information content (AvgIpc) is 3.17. The number of aromatic amines is 1. The van der Waals surface area contributed by atoms with E-state index in [1.165, 1.54) is 6.07 Å². The Hall–Kier alpha value is -2.62. The Morgan fingerprint density at radius 3 is 2.97 bits per heavy atom. The van der Waals surface area contributed by atoms with Gasteiger partial charge in [-0.25, -0.2) is 14.4 Å². The van der Waals surface area contributed by atoms with E-state index in [0.717, 1.165) is 0 Å². The van der Waals surface area contributed by atoms with Crippen LogP contribution in [0.2, 0.25) is 0 Å². The van der Waals surface area contributed by atoms with Crippen LogP contribution in [0.4, 0.5) is 10.2 Å². The smallest absolute Gasteiger partial charge is 0.181 e. The summed E-state index contributed by atoms with van der Waals surface area (Å²) < 4.78 is 14.9. The number of hydrogen-bond acceptors (Lipinski definition) is 7. The summed E-state index contributed by atoms with van der Waals surface area (Å²) >= 11 is 0. The van der Waals surface area contributed by atoms with Gasteiger partial charge in [-0.3, -0.25) is 5.10 Å². The first-order valence-corrected chi connectivity index (χ1v) is 10.1. The largest absolute Gasteiger partial charge is 0.392 e. The van der Waals surface area contributed by atoms with Crippen LogP contribution in [0.1, 0.15) is 30.6 Å². The van der Waals surface area contributed by atoms with Crippen molar-refractivity contribution in [1.29, 1.82) is 0 Å². The Bertz CT molecular complexity index is 1070. The van der Waals surface area contributed by atoms with Crippen molar-refractivity contribution in [3.05, 3.63) is 35.8 Å². The first kappa shape index (κ1) is 20.6. The second-order valence-corrected chi connectivity index (χ2v) is 8.27. The molecular weight excluding hydrogens is 387 g/mol. The summed E-state index contributed by atoms with van der Waals surface area (Å²) in [6.07, 6.45) is 1.62. The maximum Gasteiger partial charge on any atom is 0.181 e. The van der Waals surface area contributed by atoms with Crippen LogP contribution < -0.4 is 10.2 Å². The lowest BCUT2D eigenvalue weighted by Gasteiger charge is -2.44. The number of H-pyrrole nitrogens is 1. The highest BCUT2D eigenvalue weighted by atomic mass is 19.1. The summed E-state index contributed by atoms with van der Waals surface area (Å²) in [6, 6.07) is 4.70. The van der Waals surface area contributed by atoms with Crippen LogP contribution in [-0.2, 0) is 6.61 Å². The zero-order valence-electron chi connectivity index (χ0n) is 17.4. The van der Waals surface area contributed by atoms with Gasteiger partial charge < -0.3 is 20.4 Å². The summed E-state index contributed by atoms with van der Waals surface area (Å²) in [6.45, 7) is 7.20. The van der Waals surface area contributed by atoms with Gasteiger partial charge in [-0.2, -0.15) is 5.10 Å². The molecule has 0 radical (unpaired) electrons. The van der Waals surface area contributed by atoms with E-state index < -0.39 is 11.4 Å². The van der Waals surface area contributed by atoms with Crippen molar-refractivity contribution in [2.45, 2.75) is 39.0 Å². The molecule has 9 heteroatoms. The Morgan fingerprint density at radius 1 is 1.43 bits per heavy atom. The molecule has 0 spiro atoms. The molecule has 0 aromatic carbocycles. The Morgan fingerprint density at radius 2 is 2.23 bits per heavy atom. The van der Waals surface area contributed by atoms with Gasteiger partial charge in [0.05, 0.1) is 23.9 Å². The molecule has 4 rings (SSSR count). The van der Waals surface area contributed by atoms with Crippen molar-refractivity contribution in [1.82, 2.24) is 25.5 Å². The number of nitrogens with one attached hydrogen (secondary N) is 2. The van der Waals surface area contributed by atoms with E-state index in [4.69, 9.17) is 0 Å². The van der Waals surface area contributed by atoms with Gasteiger partial charge in [-0.15, -0.1) is 0 Å². The highest BCUT2D eigenvalue weighted by Crippen LogP contribution is 2.32. The summed E-state index contributed by atoms with van der Waals surface area (Å²) in [7, 11) is 0. The Kier molecular flexibility index (Phi) is 5.44. The molecule has 4 heterocycles. The van der Waals surface area contributed by atoms with Crippen molar-refractivity contribution in [2.75, 3.05) is 24.5 Å². The lowest BCUT2D eigenvalue weighted by Crippen LogP contribution is -2.62. The number of rotatable bonds is 5. The third-order valence-electron chi connectivity index (χ3n) is 6.12. The van der Waals surface area contributed by atoms with Gasteiger partial charge in [-0.05, 0) is 31.0 Å². The second-order valence-electron chi connectivity index (χ2n) is 8.27. The van der Waals surface area contributed by atoms with Gasteiger partial charge in [-0.1, -0.05) is 13.8 Å². The molecular formula is C21H33FN6O2. The van der Waals surface area contributed by atoms with Gasteiger partial charge in [0.15, 0.2) is 11.5 Å². The molecule has 3 aromatic heterocycles. The Labute approximate surface area is 178 Å². The molecule has 2 atom stereocenters. The quantitative estimate of drug-likeness (QED) is 0.502. The topological polar surface area (TPSA) is 110 Å². The third-order valence-corrected chi connectivity index (χ3v) is 6.12. The van der Waals surface area contributed by atoms with E-state index in [1.54, 1.807) is 12.3 Å². The van der Waals surface area contributed by atoms with Crippen molar-refractivity contribution in [2.24, 2.45) is 5.92 Å². The minimum atomic E-state index is -0.924. The van der Waals surface area contributed by atoms with Crippen LogP contribution in [0.5, 0.6) is 0 Å². The number of halogens is 1. The minimum Gasteiger partial charge on any atom is -0.392 e. The molecule has 0 bridgehead atoms. The van der Waals surface area contributed by atoms with Gasteiger partial charge in [0.2, 0.25) is 0 Å². The molecule has 8 nitrogen and oxygen atoms in total. The number of anilines is 1. The van der Waals surface area contributed by atoms with Crippen LogP contribution in [0, 0.1) is 11.7 Å². The van der Waals surface area contributed by atoms with E-state index >= 15 is 0 Å². The summed E-state index contributed by atoms with van der Waals surface area (Å²) in [5, 5.41) is 31.8. The van der Waals surface area contributed by atoms with Crippen LogP contribution in [0.3, 0.4) is 0 Å². The number of hydrogen-bond donors (Lipinski definition) is 4. The molecule has 1 fully saturated rings. The van der Waals surface area contributed by atoms with E-state index in [9.17, 15) is 14.6 Å². The summed E-state index contributed by atoms with van der Waals surface area (Å²) in [5.41, 5.74) is 0.539. The highest BCUT2D eigenvalue weighted by molar-refractivity contribution is 5.89. The number of aliphatic hydroxyl groups excluding tert-OH is 1. The van der Waals surface area contributed by atoms with E-state index in [-0.39, 0.29) is 28.5 Å². The number of aromatic nitrogens is 4. The Balaban J connectivity index is 0.00000181. The highest BCUT2D eigenvalue weighted by Gasteiger charge is 2.38. The molecule has 1 aliphatic heterocycles. The first-order valence-electron chi connectivity index (χ1n) is 10.1. The fourth-order valence-electron chi connectivity index (χ4n) is 3.85. The molecule has 3 aromatic rings. The molecule has 166 valence electrons. The minimum absolute atomic E-state index is 0. The first-order chi connectivity index (χ1) is 14.3. The molecule has 30 heavy (non-hydrogen) atoms. The number of pyridine rings is 2. The molecule has 4 N–H and O–H groups in total. The van der Waals surface area contributed by atoms with Crippen molar-refractivity contribution in [3.63, 3.8) is 0 Å². The zero-order chi connectivity index (χ0) is 21.5. The second kappa shape index (κ2) is 7.90. The van der Waals surface area contributed by atoms with Gasteiger partial charge in [0.25, 0.3) is 0 Å². The molecule has 1 saturated heterocycles. The van der Waals surface area contributed by atoms with Crippen LogP contribution in [0.15, 0.2) is 24.4 Å². The van der Waals surface area contributed by atoms with E-state index in [2.05, 4.69) is 25.5 Å². The number of fused-ring (bicyclic) bond motifs is 1. The number of aliphatic hydroxyl groups is 2. The van der Waals surface area contributed by atoms with Crippen molar-refractivity contribution >= 4 is 16.9 Å². The molecule has 0 unspecified atom stereocenters. The third kappa shape index (κ3) is 3.53. The van der Waals surface area contributed by atoms with Crippen molar-refractivity contribution in [3.8, 4) is 11.4 Å². The number of piperazine rings is 1. The predicted octanol–water partition coefficient (Wildman–Crippen LogP) is 2.57. The standard InChI is InChI=1S/C21H27FN6O2.3H2/c1-12(2)21(3,30)16-10-28(8-7-23-16)20-13(11-29)9-15(22)18(25-20)17-14-5-4-6-24-19(14)27-26-17;;;/h4-6,9,12,16,23,29-30H,7-8,10-11H2,1-3H3,(H,24,26,27);3*1H/t16-,21+;;;/m0.../s1. The molecule has 0 saturated carbocycles. The lowest BCUT2D eigenvalue weighted by molar-refractivity contribution is -0.0231. The number of nitrogens with zero attached hydrogens (tertiary/aromatic N) is 4. The van der Waals surface area contributed by atoms with E-state index in [1.807, 2.05) is 31.7 Å². The van der Waals surface area contributed by atoms with E-state index in [0.29, 0.717) is 47.7 Å². The normalized spacial score (nSPS) is 19.4. The lowest BCUT2D eigenvalue weighted by atomic mass is 9.84. The maximum absolute atomic E-state index is 14.9. The van der Waals surface area contributed by atoms with Gasteiger partial charge >= 0.3 is 0 Å². The monoisotopic (exact) mass is 420 g/mol. The molecule has 1 aliphatic rings. The SMILES string of the molecule is CC(C)[C@@](C)(O)[C@@H]1CN(c2nc(-c3[nH]nc4ncccc34)c(F)cc2CO)CCN1.[HH].[HH].[HH]. The van der Waals surface area contributed by atoms with Gasteiger partial charge in [0.1, 0.15) is 11.5 Å². The van der Waals surface area contributed by atoms with Crippen LogP contribution >= 0.6 is 0 Å². The average molecular weight is 421 g/mol. The maximum atomic E-state index is 14.9. The predicted molar refractivity (Wildman–Crippen MR) is 119 cm³/mol. The molecule has 0 amide bonds. The van der Waals surface area contributed by atoms with Crippen LogP contribution in [0.25, 0.3) is 22.4 Å². The van der Waals surface area contributed by atoms with Gasteiger partial charge in [0, 0.05) is 41.1 Å². The molecule has 0 aliphatic carbocycles. The van der Waals surface area contributed by atoms with Crippen LogP contribution in [-0.4, -0.2) is 61.7 Å². The summed E-state index contributed by atoms with van der Waals surface area (Å²) in [5.74, 6) is 0.0116. The zero-order valence-corrected chi connectivity index (χ0v) is 17.4. The summed E-state index contributed by atoms with van der Waals surface area (Å²) in [4.78, 5) is 10.8. The van der Waals surface area contributed by atoms with Crippen molar-refractivity contribution < 1.29 is 18.9 Å².